The van der Waals surface area contributed by atoms with Gasteiger partial charge in [0.2, 0.25) is 5.52 Å². The summed E-state index contributed by atoms with van der Waals surface area (Å²) in [5.41, 5.74) is 7.92. The summed E-state index contributed by atoms with van der Waals surface area (Å²) in [4.78, 5) is 7.31. The zero-order chi connectivity index (χ0) is 23.2. The zero-order valence-corrected chi connectivity index (χ0v) is 19.7. The smallest absolute Gasteiger partial charge is 0.239 e. The van der Waals surface area contributed by atoms with Gasteiger partial charge < -0.3 is 4.90 Å². The SMILES string of the molecule is Cc1c[n+](C)c2c(n1)c1ccccc1c1cc(N(c3ccccc3)c3ccccc3)cc(C)c12. The fraction of sp³-hybridized carbons (Fsp3) is 0.0968. The normalized spacial score (nSPS) is 11.4. The van der Waals surface area contributed by atoms with Gasteiger partial charge in [-0.25, -0.2) is 4.98 Å². The maximum Gasteiger partial charge on any atom is 0.239 e. The molecule has 1 heterocycles. The van der Waals surface area contributed by atoms with Crippen LogP contribution in [0.3, 0.4) is 0 Å². The highest BCUT2D eigenvalue weighted by atomic mass is 15.1. The van der Waals surface area contributed by atoms with Crippen LogP contribution in [0, 0.1) is 13.8 Å². The first kappa shape index (κ1) is 20.4. The Bertz CT molecular complexity index is 1630. The van der Waals surface area contributed by atoms with Gasteiger partial charge in [0.25, 0.3) is 0 Å². The van der Waals surface area contributed by atoms with E-state index in [9.17, 15) is 0 Å². The highest BCUT2D eigenvalue weighted by molar-refractivity contribution is 6.23. The van der Waals surface area contributed by atoms with Crippen LogP contribution in [0.2, 0.25) is 0 Å². The monoisotopic (exact) mass is 440 g/mol. The van der Waals surface area contributed by atoms with E-state index in [-0.39, 0.29) is 0 Å². The van der Waals surface area contributed by atoms with Crippen molar-refractivity contribution in [3.63, 3.8) is 0 Å². The molecule has 34 heavy (non-hydrogen) atoms. The van der Waals surface area contributed by atoms with Gasteiger partial charge in [0.05, 0.1) is 5.39 Å². The van der Waals surface area contributed by atoms with Crippen LogP contribution >= 0.6 is 0 Å². The molecule has 0 aliphatic rings. The minimum atomic E-state index is 1.02. The predicted octanol–water partition coefficient (Wildman–Crippen LogP) is 7.45. The van der Waals surface area contributed by atoms with Crippen molar-refractivity contribution in [2.45, 2.75) is 13.8 Å². The predicted molar refractivity (Wildman–Crippen MR) is 142 cm³/mol. The van der Waals surface area contributed by atoms with E-state index in [1.165, 1.54) is 32.6 Å². The number of nitrogens with zero attached hydrogens (tertiary/aromatic N) is 3. The lowest BCUT2D eigenvalue weighted by atomic mass is 9.95. The van der Waals surface area contributed by atoms with Gasteiger partial charge in [-0.15, -0.1) is 0 Å². The number of anilines is 3. The van der Waals surface area contributed by atoms with Crippen LogP contribution in [-0.4, -0.2) is 4.98 Å². The third kappa shape index (κ3) is 3.20. The third-order valence-corrected chi connectivity index (χ3v) is 6.56. The molecule has 0 bridgehead atoms. The Morgan fingerprint density at radius 2 is 1.24 bits per heavy atom. The Kier molecular flexibility index (Phi) is 4.77. The van der Waals surface area contributed by atoms with E-state index < -0.39 is 0 Å². The first-order valence-electron chi connectivity index (χ1n) is 11.6. The summed E-state index contributed by atoms with van der Waals surface area (Å²) in [6, 6.07) is 34.4. The van der Waals surface area contributed by atoms with Crippen LogP contribution in [-0.2, 0) is 7.05 Å². The summed E-state index contributed by atoms with van der Waals surface area (Å²) < 4.78 is 2.23. The zero-order valence-electron chi connectivity index (χ0n) is 19.7. The van der Waals surface area contributed by atoms with E-state index in [2.05, 4.69) is 134 Å². The van der Waals surface area contributed by atoms with Gasteiger partial charge in [-0.3, -0.25) is 0 Å². The molecule has 0 spiro atoms. The molecule has 0 atom stereocenters. The summed E-state index contributed by atoms with van der Waals surface area (Å²) in [6.07, 6.45) is 2.12. The molecule has 0 saturated carbocycles. The average molecular weight is 441 g/mol. The molecule has 0 fully saturated rings. The summed E-state index contributed by atoms with van der Waals surface area (Å²) >= 11 is 0. The van der Waals surface area contributed by atoms with Crippen LogP contribution in [0.15, 0.2) is 103 Å². The fourth-order valence-corrected chi connectivity index (χ4v) is 5.20. The Morgan fingerprint density at radius 3 is 1.88 bits per heavy atom. The lowest BCUT2D eigenvalue weighted by molar-refractivity contribution is -0.644. The molecule has 0 radical (unpaired) electrons. The molecule has 5 aromatic carbocycles. The molecule has 164 valence electrons. The lowest BCUT2D eigenvalue weighted by Crippen LogP contribution is -2.30. The summed E-state index contributed by atoms with van der Waals surface area (Å²) in [7, 11) is 2.12. The van der Waals surface area contributed by atoms with E-state index in [1.807, 2.05) is 0 Å². The number of hydrogen-bond acceptors (Lipinski definition) is 2. The summed E-state index contributed by atoms with van der Waals surface area (Å²) in [6.45, 7) is 4.28. The van der Waals surface area contributed by atoms with Crippen LogP contribution in [0.1, 0.15) is 11.3 Å². The van der Waals surface area contributed by atoms with Crippen molar-refractivity contribution in [3.05, 3.63) is 115 Å². The second-order valence-electron chi connectivity index (χ2n) is 8.93. The molecule has 3 nitrogen and oxygen atoms in total. The van der Waals surface area contributed by atoms with E-state index in [0.29, 0.717) is 0 Å². The van der Waals surface area contributed by atoms with Crippen LogP contribution in [0.5, 0.6) is 0 Å². The summed E-state index contributed by atoms with van der Waals surface area (Å²) in [5, 5.41) is 4.92. The molecule has 3 heteroatoms. The second-order valence-corrected chi connectivity index (χ2v) is 8.93. The summed E-state index contributed by atoms with van der Waals surface area (Å²) in [5.74, 6) is 0. The molecule has 0 aliphatic heterocycles. The number of aromatic nitrogens is 2. The van der Waals surface area contributed by atoms with E-state index in [4.69, 9.17) is 4.98 Å². The van der Waals surface area contributed by atoms with Gasteiger partial charge in [0.15, 0.2) is 6.20 Å². The number of fused-ring (bicyclic) bond motifs is 6. The molecule has 0 saturated heterocycles. The first-order valence-corrected chi connectivity index (χ1v) is 11.6. The number of benzene rings is 5. The van der Waals surface area contributed by atoms with Gasteiger partial charge in [0.1, 0.15) is 18.3 Å². The largest absolute Gasteiger partial charge is 0.310 e. The maximum atomic E-state index is 4.98. The number of rotatable bonds is 3. The van der Waals surface area contributed by atoms with E-state index in [0.717, 1.165) is 28.3 Å². The highest BCUT2D eigenvalue weighted by Gasteiger charge is 2.21. The second kappa shape index (κ2) is 7.96. The minimum Gasteiger partial charge on any atom is -0.310 e. The lowest BCUT2D eigenvalue weighted by Gasteiger charge is -2.26. The maximum absolute atomic E-state index is 4.98. The molecule has 6 rings (SSSR count). The van der Waals surface area contributed by atoms with E-state index in [1.54, 1.807) is 0 Å². The third-order valence-electron chi connectivity index (χ3n) is 6.56. The van der Waals surface area contributed by atoms with Gasteiger partial charge in [-0.2, -0.15) is 4.57 Å². The molecular weight excluding hydrogens is 414 g/mol. The van der Waals surface area contributed by atoms with Crippen molar-refractivity contribution >= 4 is 49.6 Å². The Hall–Kier alpha value is -4.24. The van der Waals surface area contributed by atoms with Crippen molar-refractivity contribution in [1.29, 1.82) is 0 Å². The van der Waals surface area contributed by atoms with Gasteiger partial charge in [-0.05, 0) is 66.6 Å². The van der Waals surface area contributed by atoms with E-state index >= 15 is 0 Å². The van der Waals surface area contributed by atoms with Crippen molar-refractivity contribution in [1.82, 2.24) is 4.98 Å². The molecule has 0 unspecified atom stereocenters. The highest BCUT2D eigenvalue weighted by Crippen LogP contribution is 2.41. The van der Waals surface area contributed by atoms with Gasteiger partial charge >= 0.3 is 0 Å². The first-order chi connectivity index (χ1) is 16.6. The van der Waals surface area contributed by atoms with Crippen molar-refractivity contribution in [3.8, 4) is 0 Å². The van der Waals surface area contributed by atoms with Gasteiger partial charge in [0, 0.05) is 22.4 Å². The Balaban J connectivity index is 1.75. The molecular formula is C31H26N3+. The quantitative estimate of drug-likeness (QED) is 0.210. The number of para-hydroxylation sites is 2. The standard InChI is InChI=1S/C31H26N3/c1-21-18-25(34(23-12-6-4-7-13-23)24-14-8-5-9-15-24)19-28-26-16-10-11-17-27(26)30-31(29(21)28)33(3)20-22(2)32-30/h4-20H,1-3H3/q+1. The minimum absolute atomic E-state index is 1.02. The number of aryl methyl sites for hydroxylation is 3. The average Bonchev–Trinajstić information content (AvgIpc) is 2.86. The molecule has 0 amide bonds. The Morgan fingerprint density at radius 1 is 0.647 bits per heavy atom. The van der Waals surface area contributed by atoms with Crippen LogP contribution in [0.25, 0.3) is 32.6 Å². The fourth-order valence-electron chi connectivity index (χ4n) is 5.20. The molecule has 6 aromatic rings. The molecule has 1 aromatic heterocycles. The van der Waals surface area contributed by atoms with Gasteiger partial charge in [-0.1, -0.05) is 60.7 Å². The van der Waals surface area contributed by atoms with Crippen molar-refractivity contribution in [2.24, 2.45) is 7.05 Å². The van der Waals surface area contributed by atoms with Crippen LogP contribution < -0.4 is 9.47 Å². The van der Waals surface area contributed by atoms with Crippen LogP contribution in [0.4, 0.5) is 17.1 Å². The van der Waals surface area contributed by atoms with Crippen molar-refractivity contribution < 1.29 is 4.57 Å². The Labute approximate surface area is 199 Å². The van der Waals surface area contributed by atoms with Crippen molar-refractivity contribution in [2.75, 3.05) is 4.90 Å². The molecule has 0 N–H and O–H groups in total. The topological polar surface area (TPSA) is 20.0 Å². The number of hydrogen-bond donors (Lipinski definition) is 0. The molecule has 0 aliphatic carbocycles.